The molecule has 2 aromatic rings. The van der Waals surface area contributed by atoms with Gasteiger partial charge in [0.05, 0.1) is 11.1 Å². The van der Waals surface area contributed by atoms with Crippen molar-refractivity contribution in [2.24, 2.45) is 0 Å². The van der Waals surface area contributed by atoms with Crippen molar-refractivity contribution in [3.63, 3.8) is 0 Å². The fraction of sp³-hybridized carbons (Fsp3) is 0.350. The van der Waals surface area contributed by atoms with Crippen LogP contribution in [0.25, 0.3) is 0 Å². The number of hydrogen-bond donors (Lipinski definition) is 2. The van der Waals surface area contributed by atoms with Gasteiger partial charge in [-0.3, -0.25) is 4.79 Å². The lowest BCUT2D eigenvalue weighted by Gasteiger charge is -2.13. The van der Waals surface area contributed by atoms with E-state index in [4.69, 9.17) is 16.3 Å². The van der Waals surface area contributed by atoms with E-state index in [0.717, 1.165) is 24.0 Å². The average molecular weight is 423 g/mol. The Labute approximate surface area is 170 Å². The Morgan fingerprint density at radius 1 is 1.25 bits per heavy atom. The van der Waals surface area contributed by atoms with Crippen molar-refractivity contribution in [3.8, 4) is 0 Å². The van der Waals surface area contributed by atoms with Gasteiger partial charge < -0.3 is 10.1 Å². The number of amides is 1. The summed E-state index contributed by atoms with van der Waals surface area (Å²) in [7, 11) is -3.85. The number of halogens is 1. The zero-order valence-electron chi connectivity index (χ0n) is 15.6. The Morgan fingerprint density at radius 2 is 2.04 bits per heavy atom. The van der Waals surface area contributed by atoms with Crippen LogP contribution in [0.5, 0.6) is 0 Å². The van der Waals surface area contributed by atoms with Crippen molar-refractivity contribution >= 4 is 27.5 Å². The van der Waals surface area contributed by atoms with Crippen molar-refractivity contribution in [3.05, 3.63) is 64.2 Å². The molecular weight excluding hydrogens is 400 g/mol. The van der Waals surface area contributed by atoms with Gasteiger partial charge >= 0.3 is 0 Å². The summed E-state index contributed by atoms with van der Waals surface area (Å²) < 4.78 is 33.2. The Bertz CT molecular complexity index is 956. The molecule has 0 aliphatic carbocycles. The van der Waals surface area contributed by atoms with Crippen LogP contribution in [-0.4, -0.2) is 33.6 Å². The summed E-state index contributed by atoms with van der Waals surface area (Å²) in [4.78, 5) is 12.4. The molecule has 1 aliphatic rings. The summed E-state index contributed by atoms with van der Waals surface area (Å²) in [6, 6.07) is 12.0. The minimum absolute atomic E-state index is 0.0651. The largest absolute Gasteiger partial charge is 0.377 e. The first-order chi connectivity index (χ1) is 13.4. The molecular formula is C20H23ClN2O4S. The zero-order chi connectivity index (χ0) is 20.1. The first kappa shape index (κ1) is 20.8. The van der Waals surface area contributed by atoms with E-state index in [1.165, 1.54) is 18.2 Å². The SMILES string of the molecule is Cc1ccccc1CNC(=O)c1ccc(Cl)c(S(=O)(=O)NC[C@@H]2CCCO2)c1. The number of aryl methyl sites for hydroxylation is 1. The minimum atomic E-state index is -3.85. The molecule has 8 heteroatoms. The van der Waals surface area contributed by atoms with Crippen molar-refractivity contribution < 1.29 is 17.9 Å². The van der Waals surface area contributed by atoms with Crippen molar-refractivity contribution in [1.82, 2.24) is 10.0 Å². The zero-order valence-corrected chi connectivity index (χ0v) is 17.1. The molecule has 1 heterocycles. The third-order valence-corrected chi connectivity index (χ3v) is 6.61. The monoisotopic (exact) mass is 422 g/mol. The highest BCUT2D eigenvalue weighted by Gasteiger charge is 2.23. The molecule has 0 unspecified atom stereocenters. The molecule has 3 rings (SSSR count). The van der Waals surface area contributed by atoms with E-state index in [2.05, 4.69) is 10.0 Å². The summed E-state index contributed by atoms with van der Waals surface area (Å²) >= 11 is 6.09. The van der Waals surface area contributed by atoms with Gasteiger partial charge in [0.1, 0.15) is 4.90 Å². The molecule has 1 saturated heterocycles. The predicted octanol–water partition coefficient (Wildman–Crippen LogP) is 3.04. The fourth-order valence-corrected chi connectivity index (χ4v) is 4.61. The summed E-state index contributed by atoms with van der Waals surface area (Å²) in [5, 5.41) is 2.88. The molecule has 0 bridgehead atoms. The third-order valence-electron chi connectivity index (χ3n) is 4.71. The Morgan fingerprint density at radius 3 is 2.75 bits per heavy atom. The lowest BCUT2D eigenvalue weighted by molar-refractivity contribution is 0.0950. The van der Waals surface area contributed by atoms with Crippen molar-refractivity contribution in [1.29, 1.82) is 0 Å². The van der Waals surface area contributed by atoms with Gasteiger partial charge in [0, 0.05) is 25.3 Å². The smallest absolute Gasteiger partial charge is 0.251 e. The predicted molar refractivity (Wildman–Crippen MR) is 108 cm³/mol. The van der Waals surface area contributed by atoms with E-state index in [9.17, 15) is 13.2 Å². The maximum absolute atomic E-state index is 12.6. The van der Waals surface area contributed by atoms with Gasteiger partial charge in [0.25, 0.3) is 5.91 Å². The molecule has 0 radical (unpaired) electrons. The molecule has 2 N–H and O–H groups in total. The Balaban J connectivity index is 1.71. The number of nitrogens with one attached hydrogen (secondary N) is 2. The molecule has 0 aromatic heterocycles. The van der Waals surface area contributed by atoms with E-state index in [-0.39, 0.29) is 34.0 Å². The molecule has 2 aromatic carbocycles. The summed E-state index contributed by atoms with van der Waals surface area (Å²) in [5.74, 6) is -0.365. The van der Waals surface area contributed by atoms with E-state index in [1.54, 1.807) is 0 Å². The highest BCUT2D eigenvalue weighted by atomic mass is 35.5. The third kappa shape index (κ3) is 5.11. The highest BCUT2D eigenvalue weighted by molar-refractivity contribution is 7.89. The first-order valence-corrected chi connectivity index (χ1v) is 11.0. The number of ether oxygens (including phenoxy) is 1. The van der Waals surface area contributed by atoms with Gasteiger partial charge in [-0.1, -0.05) is 35.9 Å². The van der Waals surface area contributed by atoms with Crippen LogP contribution in [-0.2, 0) is 21.3 Å². The standard InChI is InChI=1S/C20H23ClN2O4S/c1-14-5-2-3-6-16(14)12-22-20(24)15-8-9-18(21)19(11-15)28(25,26)23-13-17-7-4-10-27-17/h2-3,5-6,8-9,11,17,23H,4,7,10,12-13H2,1H3,(H,22,24)/t17-/m0/s1. The van der Waals surface area contributed by atoms with Crippen LogP contribution in [0.4, 0.5) is 0 Å². The first-order valence-electron chi connectivity index (χ1n) is 9.10. The van der Waals surface area contributed by atoms with Gasteiger partial charge in [0.2, 0.25) is 10.0 Å². The number of hydrogen-bond acceptors (Lipinski definition) is 4. The number of carbonyl (C=O) groups excluding carboxylic acids is 1. The van der Waals surface area contributed by atoms with Crippen LogP contribution in [0.15, 0.2) is 47.4 Å². The molecule has 1 atom stereocenters. The van der Waals surface area contributed by atoms with Crippen LogP contribution >= 0.6 is 11.6 Å². The maximum Gasteiger partial charge on any atom is 0.251 e. The normalized spacial score (nSPS) is 16.9. The van der Waals surface area contributed by atoms with Crippen molar-refractivity contribution in [2.75, 3.05) is 13.2 Å². The number of sulfonamides is 1. The maximum atomic E-state index is 12.6. The second-order valence-corrected chi connectivity index (χ2v) is 8.88. The number of rotatable bonds is 7. The van der Waals surface area contributed by atoms with Crippen LogP contribution in [0.1, 0.15) is 34.3 Å². The van der Waals surface area contributed by atoms with Crippen molar-refractivity contribution in [2.45, 2.75) is 37.3 Å². The van der Waals surface area contributed by atoms with E-state index in [0.29, 0.717) is 13.2 Å². The van der Waals surface area contributed by atoms with Gasteiger partial charge in [-0.15, -0.1) is 0 Å². The van der Waals surface area contributed by atoms with Gasteiger partial charge in [-0.05, 0) is 49.1 Å². The average Bonchev–Trinajstić information content (AvgIpc) is 3.19. The second-order valence-electron chi connectivity index (χ2n) is 6.74. The lowest BCUT2D eigenvalue weighted by Crippen LogP contribution is -2.32. The van der Waals surface area contributed by atoms with Gasteiger partial charge in [-0.2, -0.15) is 0 Å². The van der Waals surface area contributed by atoms with Crippen LogP contribution in [0.3, 0.4) is 0 Å². The van der Waals surface area contributed by atoms with Crippen LogP contribution < -0.4 is 10.0 Å². The van der Waals surface area contributed by atoms with Crippen LogP contribution in [0.2, 0.25) is 5.02 Å². The molecule has 6 nitrogen and oxygen atoms in total. The lowest BCUT2D eigenvalue weighted by atomic mass is 10.1. The van der Waals surface area contributed by atoms with Gasteiger partial charge in [0.15, 0.2) is 0 Å². The van der Waals surface area contributed by atoms with E-state index in [1.807, 2.05) is 31.2 Å². The van der Waals surface area contributed by atoms with E-state index >= 15 is 0 Å². The van der Waals surface area contributed by atoms with E-state index < -0.39 is 10.0 Å². The fourth-order valence-electron chi connectivity index (χ4n) is 3.02. The molecule has 28 heavy (non-hydrogen) atoms. The molecule has 150 valence electrons. The highest BCUT2D eigenvalue weighted by Crippen LogP contribution is 2.23. The Hall–Kier alpha value is -1.93. The summed E-state index contributed by atoms with van der Waals surface area (Å²) in [5.41, 5.74) is 2.30. The summed E-state index contributed by atoms with van der Waals surface area (Å²) in [6.07, 6.45) is 1.61. The number of carbonyl (C=O) groups is 1. The molecule has 1 amide bonds. The quantitative estimate of drug-likeness (QED) is 0.718. The Kier molecular flexibility index (Phi) is 6.72. The summed E-state index contributed by atoms with van der Waals surface area (Å²) in [6.45, 7) is 3.15. The molecule has 1 fully saturated rings. The topological polar surface area (TPSA) is 84.5 Å². The molecule has 0 spiro atoms. The van der Waals surface area contributed by atoms with Gasteiger partial charge in [-0.25, -0.2) is 13.1 Å². The second kappa shape index (κ2) is 9.05. The number of benzene rings is 2. The molecule has 0 saturated carbocycles. The molecule has 1 aliphatic heterocycles. The van der Waals surface area contributed by atoms with Crippen LogP contribution in [0, 0.1) is 6.92 Å². The minimum Gasteiger partial charge on any atom is -0.377 e.